The predicted octanol–water partition coefficient (Wildman–Crippen LogP) is 3.68. The van der Waals surface area contributed by atoms with Crippen LogP contribution in [0.3, 0.4) is 0 Å². The normalized spacial score (nSPS) is 11.5. The Morgan fingerprint density at radius 2 is 1.65 bits per heavy atom. The molecular weight excluding hydrogens is 460 g/mol. The van der Waals surface area contributed by atoms with Gasteiger partial charge in [0.25, 0.3) is 5.91 Å². The van der Waals surface area contributed by atoms with Gasteiger partial charge in [-0.3, -0.25) is 4.79 Å². The molecule has 3 aromatic rings. The first-order valence-corrected chi connectivity index (χ1v) is 11.6. The lowest BCUT2D eigenvalue weighted by Crippen LogP contribution is -2.19. The fourth-order valence-electron chi connectivity index (χ4n) is 3.37. The molecule has 0 unspecified atom stereocenters. The average molecular weight is 489 g/mol. The highest BCUT2D eigenvalue weighted by atomic mass is 32.1. The molecule has 0 spiro atoms. The van der Waals surface area contributed by atoms with Crippen LogP contribution >= 0.6 is 11.3 Å². The second kappa shape index (κ2) is 11.7. The van der Waals surface area contributed by atoms with Gasteiger partial charge in [-0.25, -0.2) is 4.79 Å². The van der Waals surface area contributed by atoms with Gasteiger partial charge in [-0.15, -0.1) is 0 Å². The lowest BCUT2D eigenvalue weighted by molar-refractivity contribution is 0.0526. The number of benzene rings is 2. The van der Waals surface area contributed by atoms with Crippen LogP contribution in [0.15, 0.2) is 35.3 Å². The van der Waals surface area contributed by atoms with Gasteiger partial charge in [0, 0.05) is 18.7 Å². The molecule has 0 saturated carbocycles. The van der Waals surface area contributed by atoms with E-state index < -0.39 is 11.9 Å². The second-order valence-corrected chi connectivity index (χ2v) is 7.98. The number of thiazole rings is 1. The number of hydrogen-bond donors (Lipinski definition) is 0. The van der Waals surface area contributed by atoms with Gasteiger partial charge in [-0.2, -0.15) is 4.99 Å². The van der Waals surface area contributed by atoms with Crippen molar-refractivity contribution in [1.82, 2.24) is 4.57 Å². The van der Waals surface area contributed by atoms with Crippen molar-refractivity contribution in [1.29, 1.82) is 0 Å². The van der Waals surface area contributed by atoms with Gasteiger partial charge >= 0.3 is 5.97 Å². The molecule has 1 aromatic heterocycles. The molecule has 10 heteroatoms. The average Bonchev–Trinajstić information content (AvgIpc) is 3.19. The minimum atomic E-state index is -0.471. The molecule has 182 valence electrons. The molecule has 2 aromatic carbocycles. The molecule has 3 rings (SSSR count). The Labute approximate surface area is 201 Å². The van der Waals surface area contributed by atoms with Crippen molar-refractivity contribution in [2.45, 2.75) is 20.4 Å². The second-order valence-electron chi connectivity index (χ2n) is 6.97. The maximum absolute atomic E-state index is 13.1. The maximum Gasteiger partial charge on any atom is 0.338 e. The molecule has 0 atom stereocenters. The van der Waals surface area contributed by atoms with Gasteiger partial charge in [-0.1, -0.05) is 11.3 Å². The Morgan fingerprint density at radius 1 is 0.941 bits per heavy atom. The Morgan fingerprint density at radius 3 is 2.24 bits per heavy atom. The van der Waals surface area contributed by atoms with Crippen molar-refractivity contribution in [2.75, 3.05) is 41.2 Å². The van der Waals surface area contributed by atoms with Crippen LogP contribution in [0, 0.1) is 0 Å². The summed E-state index contributed by atoms with van der Waals surface area (Å²) in [6, 6.07) is 8.40. The van der Waals surface area contributed by atoms with Crippen LogP contribution < -0.4 is 19.0 Å². The number of fused-ring (bicyclic) bond motifs is 1. The van der Waals surface area contributed by atoms with Gasteiger partial charge in [0.05, 0.1) is 50.3 Å². The molecule has 1 heterocycles. The van der Waals surface area contributed by atoms with Crippen molar-refractivity contribution < 1.29 is 33.3 Å². The highest BCUT2D eigenvalue weighted by Crippen LogP contribution is 2.38. The zero-order valence-corrected chi connectivity index (χ0v) is 20.7. The van der Waals surface area contributed by atoms with E-state index in [1.165, 1.54) is 32.7 Å². The van der Waals surface area contributed by atoms with Crippen LogP contribution in [-0.4, -0.2) is 57.6 Å². The zero-order chi connectivity index (χ0) is 24.7. The van der Waals surface area contributed by atoms with Crippen LogP contribution in [0.5, 0.6) is 17.2 Å². The third-order valence-corrected chi connectivity index (χ3v) is 6.01. The summed E-state index contributed by atoms with van der Waals surface area (Å²) in [5, 5.41) is 0. The van der Waals surface area contributed by atoms with E-state index in [4.69, 9.17) is 23.7 Å². The largest absolute Gasteiger partial charge is 0.493 e. The summed E-state index contributed by atoms with van der Waals surface area (Å²) >= 11 is 1.31. The summed E-state index contributed by atoms with van der Waals surface area (Å²) in [6.45, 7) is 5.49. The highest BCUT2D eigenvalue weighted by Gasteiger charge is 2.18. The Kier molecular flexibility index (Phi) is 8.67. The van der Waals surface area contributed by atoms with Gasteiger partial charge < -0.3 is 28.3 Å². The lowest BCUT2D eigenvalue weighted by atomic mass is 10.1. The predicted molar refractivity (Wildman–Crippen MR) is 128 cm³/mol. The fourth-order valence-corrected chi connectivity index (χ4v) is 4.47. The van der Waals surface area contributed by atoms with E-state index in [1.54, 1.807) is 31.2 Å². The molecule has 34 heavy (non-hydrogen) atoms. The number of carbonyl (C=O) groups excluding carboxylic acids is 2. The zero-order valence-electron chi connectivity index (χ0n) is 19.9. The summed E-state index contributed by atoms with van der Waals surface area (Å²) < 4.78 is 29.4. The van der Waals surface area contributed by atoms with Gasteiger partial charge in [0.15, 0.2) is 16.3 Å². The molecule has 9 nitrogen and oxygen atoms in total. The standard InChI is InChI=1S/C24H28N2O7S/c1-6-32-11-10-26-17-9-8-15(23(28)33-7-2)14-20(17)34-24(26)25-22(27)16-12-18(29-3)21(31-5)19(13-16)30-4/h8-9,12-14H,6-7,10-11H2,1-5H3. The quantitative estimate of drug-likeness (QED) is 0.317. The first-order chi connectivity index (χ1) is 16.5. The number of esters is 1. The number of hydrogen-bond acceptors (Lipinski definition) is 8. The molecule has 0 aliphatic carbocycles. The summed E-state index contributed by atoms with van der Waals surface area (Å²) in [5.41, 5.74) is 1.57. The molecule has 0 saturated heterocycles. The number of carbonyl (C=O) groups is 2. The Balaban J connectivity index is 2.10. The topological polar surface area (TPSA) is 97.6 Å². The SMILES string of the molecule is CCOCCn1c(=NC(=O)c2cc(OC)c(OC)c(OC)c2)sc2cc(C(=O)OCC)ccc21. The number of amides is 1. The summed E-state index contributed by atoms with van der Waals surface area (Å²) in [6.07, 6.45) is 0. The van der Waals surface area contributed by atoms with E-state index in [0.717, 1.165) is 10.2 Å². The van der Waals surface area contributed by atoms with Crippen LogP contribution in [0.2, 0.25) is 0 Å². The summed E-state index contributed by atoms with van der Waals surface area (Å²) in [7, 11) is 4.46. The van der Waals surface area contributed by atoms with Crippen molar-refractivity contribution in [2.24, 2.45) is 4.99 Å². The number of ether oxygens (including phenoxy) is 5. The van der Waals surface area contributed by atoms with E-state index in [-0.39, 0.29) is 5.56 Å². The molecule has 0 fully saturated rings. The molecule has 1 amide bonds. The van der Waals surface area contributed by atoms with Crippen LogP contribution in [0.25, 0.3) is 10.2 Å². The van der Waals surface area contributed by atoms with E-state index in [0.29, 0.717) is 54.0 Å². The lowest BCUT2D eigenvalue weighted by Gasteiger charge is -2.12. The minimum Gasteiger partial charge on any atom is -0.493 e. The van der Waals surface area contributed by atoms with Crippen molar-refractivity contribution in [3.8, 4) is 17.2 Å². The molecular formula is C24H28N2O7S. The molecule has 0 radical (unpaired) electrons. The van der Waals surface area contributed by atoms with E-state index >= 15 is 0 Å². The smallest absolute Gasteiger partial charge is 0.338 e. The molecule has 0 bridgehead atoms. The van der Waals surface area contributed by atoms with Gasteiger partial charge in [0.2, 0.25) is 5.75 Å². The maximum atomic E-state index is 13.1. The molecule has 0 aliphatic rings. The first kappa shape index (κ1) is 25.3. The monoisotopic (exact) mass is 488 g/mol. The third kappa shape index (κ3) is 5.40. The highest BCUT2D eigenvalue weighted by molar-refractivity contribution is 7.16. The van der Waals surface area contributed by atoms with E-state index in [2.05, 4.69) is 4.99 Å². The third-order valence-electron chi connectivity index (χ3n) is 4.97. The molecule has 0 N–H and O–H groups in total. The number of rotatable bonds is 10. The van der Waals surface area contributed by atoms with E-state index in [1.807, 2.05) is 17.6 Å². The Bertz CT molecular complexity index is 1220. The van der Waals surface area contributed by atoms with E-state index in [9.17, 15) is 9.59 Å². The van der Waals surface area contributed by atoms with Crippen molar-refractivity contribution >= 4 is 33.4 Å². The van der Waals surface area contributed by atoms with Crippen LogP contribution in [-0.2, 0) is 16.0 Å². The van der Waals surface area contributed by atoms with Crippen molar-refractivity contribution in [3.63, 3.8) is 0 Å². The summed E-state index contributed by atoms with van der Waals surface area (Å²) in [5.74, 6) is 0.244. The van der Waals surface area contributed by atoms with Crippen molar-refractivity contribution in [3.05, 3.63) is 46.3 Å². The number of nitrogens with zero attached hydrogens (tertiary/aromatic N) is 2. The van der Waals surface area contributed by atoms with Gasteiger partial charge in [0.1, 0.15) is 0 Å². The summed E-state index contributed by atoms with van der Waals surface area (Å²) in [4.78, 5) is 30.2. The Hall–Kier alpha value is -3.37. The minimum absolute atomic E-state index is 0.288. The van der Waals surface area contributed by atoms with Crippen LogP contribution in [0.4, 0.5) is 0 Å². The number of methoxy groups -OCH3 is 3. The number of aromatic nitrogens is 1. The molecule has 0 aliphatic heterocycles. The first-order valence-electron chi connectivity index (χ1n) is 10.7. The van der Waals surface area contributed by atoms with Gasteiger partial charge in [-0.05, 0) is 44.2 Å². The fraction of sp³-hybridized carbons (Fsp3) is 0.375. The van der Waals surface area contributed by atoms with Crippen LogP contribution in [0.1, 0.15) is 34.6 Å².